The van der Waals surface area contributed by atoms with Crippen LogP contribution in [0.3, 0.4) is 0 Å². The number of nitrogens with one attached hydrogen (secondary N) is 1. The lowest BCUT2D eigenvalue weighted by molar-refractivity contribution is -0.274. The smallest absolute Gasteiger partial charge is 0.406 e. The van der Waals surface area contributed by atoms with E-state index >= 15 is 0 Å². The van der Waals surface area contributed by atoms with Gasteiger partial charge in [-0.3, -0.25) is 0 Å². The molecule has 6 heteroatoms. The van der Waals surface area contributed by atoms with E-state index in [9.17, 15) is 13.2 Å². The molecule has 24 heavy (non-hydrogen) atoms. The third-order valence-electron chi connectivity index (χ3n) is 3.60. The van der Waals surface area contributed by atoms with Crippen LogP contribution in [-0.2, 0) is 0 Å². The molecule has 0 aliphatic carbocycles. The monoisotopic (exact) mass is 334 g/mol. The quantitative estimate of drug-likeness (QED) is 0.680. The van der Waals surface area contributed by atoms with Crippen LogP contribution in [0.1, 0.15) is 13.3 Å². The van der Waals surface area contributed by atoms with E-state index in [2.05, 4.69) is 17.0 Å². The summed E-state index contributed by atoms with van der Waals surface area (Å²) in [5, 5.41) is 4.33. The zero-order valence-corrected chi connectivity index (χ0v) is 13.1. The van der Waals surface area contributed by atoms with Crippen molar-refractivity contribution in [2.45, 2.75) is 19.7 Å². The minimum Gasteiger partial charge on any atom is -0.406 e. The Balaban J connectivity index is 1.93. The minimum atomic E-state index is -4.70. The Morgan fingerprint density at radius 3 is 2.67 bits per heavy atom. The lowest BCUT2D eigenvalue weighted by Crippen LogP contribution is -2.17. The first-order chi connectivity index (χ1) is 11.5. The number of anilines is 1. The van der Waals surface area contributed by atoms with E-state index in [4.69, 9.17) is 0 Å². The Morgan fingerprint density at radius 2 is 1.92 bits per heavy atom. The minimum absolute atomic E-state index is 0.233. The van der Waals surface area contributed by atoms with Gasteiger partial charge in [-0.2, -0.15) is 0 Å². The molecule has 0 aliphatic heterocycles. The van der Waals surface area contributed by atoms with Gasteiger partial charge >= 0.3 is 6.36 Å². The number of benzene rings is 2. The molecule has 0 aliphatic rings. The van der Waals surface area contributed by atoms with Gasteiger partial charge in [0.25, 0.3) is 0 Å². The first-order valence-corrected chi connectivity index (χ1v) is 7.67. The number of hydrogen-bond acceptors (Lipinski definition) is 2. The van der Waals surface area contributed by atoms with Crippen molar-refractivity contribution in [1.29, 1.82) is 0 Å². The van der Waals surface area contributed by atoms with Gasteiger partial charge < -0.3 is 14.6 Å². The standard InChI is InChI=1S/C18H17F3N2O/c1-2-9-22-14-6-7-17-13(11-14)8-10-23(17)15-4-3-5-16(12-15)24-18(19,20)21/h3-8,10-12,22H,2,9H2,1H3. The van der Waals surface area contributed by atoms with Crippen LogP contribution >= 0.6 is 0 Å². The number of alkyl halides is 3. The van der Waals surface area contributed by atoms with E-state index in [1.165, 1.54) is 12.1 Å². The highest BCUT2D eigenvalue weighted by Crippen LogP contribution is 2.28. The van der Waals surface area contributed by atoms with Gasteiger partial charge in [0.05, 0.1) is 5.52 Å². The summed E-state index contributed by atoms with van der Waals surface area (Å²) in [6.07, 6.45) is -1.83. The fraction of sp³-hybridized carbons (Fsp3) is 0.222. The highest BCUT2D eigenvalue weighted by atomic mass is 19.4. The van der Waals surface area contributed by atoms with Crippen LogP contribution in [0.4, 0.5) is 18.9 Å². The van der Waals surface area contributed by atoms with Gasteiger partial charge in [-0.1, -0.05) is 13.0 Å². The van der Waals surface area contributed by atoms with Gasteiger partial charge in [-0.05, 0) is 42.8 Å². The number of hydrogen-bond donors (Lipinski definition) is 1. The van der Waals surface area contributed by atoms with Gasteiger partial charge in [0.2, 0.25) is 0 Å². The molecule has 3 rings (SSSR count). The number of ether oxygens (including phenoxy) is 1. The Bertz CT molecular complexity index is 840. The van der Waals surface area contributed by atoms with Gasteiger partial charge in [0.1, 0.15) is 5.75 Å². The summed E-state index contributed by atoms with van der Waals surface area (Å²) in [5.74, 6) is -0.233. The zero-order chi connectivity index (χ0) is 17.2. The maximum absolute atomic E-state index is 12.4. The highest BCUT2D eigenvalue weighted by molar-refractivity contribution is 5.85. The lowest BCUT2D eigenvalue weighted by Gasteiger charge is -2.11. The molecule has 1 aromatic heterocycles. The molecule has 0 spiro atoms. The van der Waals surface area contributed by atoms with Crippen molar-refractivity contribution in [3.8, 4) is 11.4 Å². The van der Waals surface area contributed by atoms with E-state index < -0.39 is 6.36 Å². The topological polar surface area (TPSA) is 26.2 Å². The predicted octanol–water partition coefficient (Wildman–Crippen LogP) is 5.35. The number of halogens is 3. The second-order valence-corrected chi connectivity index (χ2v) is 5.43. The average Bonchev–Trinajstić information content (AvgIpc) is 2.94. The SMILES string of the molecule is CCCNc1ccc2c(ccn2-c2cccc(OC(F)(F)F)c2)c1. The van der Waals surface area contributed by atoms with Crippen molar-refractivity contribution in [2.24, 2.45) is 0 Å². The summed E-state index contributed by atoms with van der Waals surface area (Å²) in [5.41, 5.74) is 2.55. The second kappa shape index (κ2) is 6.47. The van der Waals surface area contributed by atoms with Crippen LogP contribution in [-0.4, -0.2) is 17.5 Å². The summed E-state index contributed by atoms with van der Waals surface area (Å²) in [6, 6.07) is 13.8. The largest absolute Gasteiger partial charge is 0.573 e. The fourth-order valence-electron chi connectivity index (χ4n) is 2.58. The molecule has 3 nitrogen and oxygen atoms in total. The molecule has 1 N–H and O–H groups in total. The van der Waals surface area contributed by atoms with Gasteiger partial charge in [-0.15, -0.1) is 13.2 Å². The Hall–Kier alpha value is -2.63. The fourth-order valence-corrected chi connectivity index (χ4v) is 2.58. The Kier molecular flexibility index (Phi) is 4.38. The predicted molar refractivity (Wildman–Crippen MR) is 88.7 cm³/mol. The summed E-state index contributed by atoms with van der Waals surface area (Å²) in [4.78, 5) is 0. The molecule has 1 heterocycles. The second-order valence-electron chi connectivity index (χ2n) is 5.43. The maximum Gasteiger partial charge on any atom is 0.573 e. The molecule has 126 valence electrons. The third kappa shape index (κ3) is 3.64. The van der Waals surface area contributed by atoms with Crippen molar-refractivity contribution < 1.29 is 17.9 Å². The maximum atomic E-state index is 12.4. The first kappa shape index (κ1) is 16.2. The summed E-state index contributed by atoms with van der Waals surface area (Å²) in [6.45, 7) is 2.99. The average molecular weight is 334 g/mol. The molecular weight excluding hydrogens is 317 g/mol. The van der Waals surface area contributed by atoms with Crippen LogP contribution in [0.2, 0.25) is 0 Å². The molecular formula is C18H17F3N2O. The third-order valence-corrected chi connectivity index (χ3v) is 3.60. The van der Waals surface area contributed by atoms with Crippen molar-refractivity contribution >= 4 is 16.6 Å². The molecule has 2 aromatic carbocycles. The number of rotatable bonds is 5. The number of nitrogens with zero attached hydrogens (tertiary/aromatic N) is 1. The Morgan fingerprint density at radius 1 is 1.08 bits per heavy atom. The molecule has 0 saturated heterocycles. The summed E-state index contributed by atoms with van der Waals surface area (Å²) in [7, 11) is 0. The van der Waals surface area contributed by atoms with E-state index in [0.29, 0.717) is 5.69 Å². The molecule has 0 bridgehead atoms. The van der Waals surface area contributed by atoms with Crippen LogP contribution in [0.15, 0.2) is 54.7 Å². The number of aromatic nitrogens is 1. The first-order valence-electron chi connectivity index (χ1n) is 7.67. The van der Waals surface area contributed by atoms with Crippen molar-refractivity contribution in [3.05, 3.63) is 54.7 Å². The summed E-state index contributed by atoms with van der Waals surface area (Å²) >= 11 is 0. The number of fused-ring (bicyclic) bond motifs is 1. The lowest BCUT2D eigenvalue weighted by atomic mass is 10.2. The molecule has 0 radical (unpaired) electrons. The molecule has 0 saturated carbocycles. The van der Waals surface area contributed by atoms with Gasteiger partial charge in [0, 0.05) is 35.6 Å². The van der Waals surface area contributed by atoms with Crippen molar-refractivity contribution in [3.63, 3.8) is 0 Å². The van der Waals surface area contributed by atoms with E-state index in [1.807, 2.05) is 35.0 Å². The van der Waals surface area contributed by atoms with Crippen molar-refractivity contribution in [1.82, 2.24) is 4.57 Å². The van der Waals surface area contributed by atoms with E-state index in [1.54, 1.807) is 12.1 Å². The van der Waals surface area contributed by atoms with E-state index in [0.717, 1.165) is 29.6 Å². The normalized spacial score (nSPS) is 11.7. The van der Waals surface area contributed by atoms with Gasteiger partial charge in [-0.25, -0.2) is 0 Å². The molecule has 0 fully saturated rings. The zero-order valence-electron chi connectivity index (χ0n) is 13.1. The van der Waals surface area contributed by atoms with Gasteiger partial charge in [0.15, 0.2) is 0 Å². The molecule has 0 atom stereocenters. The van der Waals surface area contributed by atoms with Crippen LogP contribution in [0.25, 0.3) is 16.6 Å². The van der Waals surface area contributed by atoms with Crippen LogP contribution in [0, 0.1) is 0 Å². The van der Waals surface area contributed by atoms with Crippen molar-refractivity contribution in [2.75, 3.05) is 11.9 Å². The highest BCUT2D eigenvalue weighted by Gasteiger charge is 2.31. The molecule has 0 amide bonds. The van der Waals surface area contributed by atoms with Crippen LogP contribution in [0.5, 0.6) is 5.75 Å². The van der Waals surface area contributed by atoms with Crippen LogP contribution < -0.4 is 10.1 Å². The molecule has 0 unspecified atom stereocenters. The summed E-state index contributed by atoms with van der Waals surface area (Å²) < 4.78 is 43.0. The molecule has 3 aromatic rings. The Labute approximate surface area is 137 Å². The van der Waals surface area contributed by atoms with E-state index in [-0.39, 0.29) is 5.75 Å².